The first-order valence-electron chi connectivity index (χ1n) is 7.65. The number of nitrogens with one attached hydrogen (secondary N) is 1. The average Bonchev–Trinajstić information content (AvgIpc) is 3.24. The molecule has 2 heteroatoms. The highest BCUT2D eigenvalue weighted by Gasteiger charge is 2.43. The van der Waals surface area contributed by atoms with Crippen LogP contribution in [0.25, 0.3) is 0 Å². The highest BCUT2D eigenvalue weighted by atomic mass is 16.2. The summed E-state index contributed by atoms with van der Waals surface area (Å²) in [6.45, 7) is 3.07. The third kappa shape index (κ3) is 4.38. The smallest absolute Gasteiger partial charge is 0.223 e. The molecular weight excluding hydrogens is 234 g/mol. The normalized spacial score (nSPS) is 21.1. The maximum atomic E-state index is 12.0. The van der Waals surface area contributed by atoms with E-state index < -0.39 is 0 Å². The molecule has 0 aliphatic heterocycles. The third-order valence-corrected chi connectivity index (χ3v) is 3.93. The predicted molar refractivity (Wildman–Crippen MR) is 79.1 cm³/mol. The molecule has 2 atom stereocenters. The fourth-order valence-electron chi connectivity index (χ4n) is 2.62. The van der Waals surface area contributed by atoms with Gasteiger partial charge >= 0.3 is 0 Å². The number of hydrogen-bond acceptors (Lipinski definition) is 1. The second-order valence-electron chi connectivity index (χ2n) is 5.56. The van der Waals surface area contributed by atoms with Crippen molar-refractivity contribution in [2.45, 2.75) is 51.4 Å². The van der Waals surface area contributed by atoms with Gasteiger partial charge in [-0.1, -0.05) is 62.9 Å². The van der Waals surface area contributed by atoms with Gasteiger partial charge in [-0.15, -0.1) is 0 Å². The van der Waals surface area contributed by atoms with Crippen LogP contribution in [0.1, 0.15) is 56.9 Å². The van der Waals surface area contributed by atoms with E-state index in [1.165, 1.54) is 31.2 Å². The van der Waals surface area contributed by atoms with Crippen molar-refractivity contribution in [2.75, 3.05) is 6.54 Å². The zero-order valence-corrected chi connectivity index (χ0v) is 11.9. The standard InChI is InChI=1S/C17H25NO/c1-2-3-4-5-9-12-18-17(19)16-13-15(16)14-10-7-6-8-11-14/h6-8,10-11,15-16H,2-5,9,12-13H2,1H3,(H,18,19)/t15-,16+/m0/s1. The number of unbranched alkanes of at least 4 members (excludes halogenated alkanes) is 4. The Morgan fingerprint density at radius 3 is 2.63 bits per heavy atom. The fraction of sp³-hybridized carbons (Fsp3) is 0.588. The van der Waals surface area contributed by atoms with Crippen molar-refractivity contribution in [1.29, 1.82) is 0 Å². The number of amides is 1. The van der Waals surface area contributed by atoms with Crippen LogP contribution in [0.2, 0.25) is 0 Å². The minimum Gasteiger partial charge on any atom is -0.356 e. The molecule has 0 aromatic heterocycles. The predicted octanol–water partition coefficient (Wildman–Crippen LogP) is 3.88. The molecule has 0 spiro atoms. The van der Waals surface area contributed by atoms with Crippen molar-refractivity contribution in [1.82, 2.24) is 5.32 Å². The fourth-order valence-corrected chi connectivity index (χ4v) is 2.62. The molecule has 0 bridgehead atoms. The largest absolute Gasteiger partial charge is 0.356 e. The van der Waals surface area contributed by atoms with Crippen LogP contribution in [-0.2, 0) is 4.79 Å². The molecule has 1 N–H and O–H groups in total. The summed E-state index contributed by atoms with van der Waals surface area (Å²) in [5, 5.41) is 3.08. The van der Waals surface area contributed by atoms with Crippen LogP contribution in [0.5, 0.6) is 0 Å². The quantitative estimate of drug-likeness (QED) is 0.705. The average molecular weight is 259 g/mol. The van der Waals surface area contributed by atoms with Crippen LogP contribution in [-0.4, -0.2) is 12.5 Å². The summed E-state index contributed by atoms with van der Waals surface area (Å²) < 4.78 is 0. The van der Waals surface area contributed by atoms with Crippen molar-refractivity contribution in [3.05, 3.63) is 35.9 Å². The van der Waals surface area contributed by atoms with Crippen molar-refractivity contribution in [3.8, 4) is 0 Å². The van der Waals surface area contributed by atoms with Gasteiger partial charge in [0.05, 0.1) is 0 Å². The number of hydrogen-bond donors (Lipinski definition) is 1. The van der Waals surface area contributed by atoms with Gasteiger partial charge in [-0.3, -0.25) is 4.79 Å². The summed E-state index contributed by atoms with van der Waals surface area (Å²) in [5.41, 5.74) is 1.31. The first-order chi connectivity index (χ1) is 9.33. The Morgan fingerprint density at radius 2 is 1.89 bits per heavy atom. The van der Waals surface area contributed by atoms with Gasteiger partial charge < -0.3 is 5.32 Å². The van der Waals surface area contributed by atoms with Crippen LogP contribution in [0.15, 0.2) is 30.3 Å². The molecule has 0 radical (unpaired) electrons. The lowest BCUT2D eigenvalue weighted by Crippen LogP contribution is -2.26. The third-order valence-electron chi connectivity index (χ3n) is 3.93. The highest BCUT2D eigenvalue weighted by Crippen LogP contribution is 2.47. The minimum absolute atomic E-state index is 0.220. The van der Waals surface area contributed by atoms with Gasteiger partial charge in [0.1, 0.15) is 0 Å². The van der Waals surface area contributed by atoms with E-state index in [1.807, 2.05) is 6.07 Å². The molecule has 1 aliphatic carbocycles. The summed E-state index contributed by atoms with van der Waals surface area (Å²) in [6, 6.07) is 10.4. The van der Waals surface area contributed by atoms with Crippen molar-refractivity contribution < 1.29 is 4.79 Å². The van der Waals surface area contributed by atoms with Gasteiger partial charge in [-0.2, -0.15) is 0 Å². The van der Waals surface area contributed by atoms with Crippen molar-refractivity contribution in [3.63, 3.8) is 0 Å². The van der Waals surface area contributed by atoms with E-state index in [9.17, 15) is 4.79 Å². The lowest BCUT2D eigenvalue weighted by atomic mass is 10.1. The van der Waals surface area contributed by atoms with Gasteiger partial charge in [0.15, 0.2) is 0 Å². The first-order valence-corrected chi connectivity index (χ1v) is 7.65. The highest BCUT2D eigenvalue weighted by molar-refractivity contribution is 5.82. The Balaban J connectivity index is 1.61. The van der Waals surface area contributed by atoms with Crippen LogP contribution in [0, 0.1) is 5.92 Å². The molecule has 1 amide bonds. The molecule has 0 heterocycles. The zero-order valence-electron chi connectivity index (χ0n) is 11.9. The first kappa shape index (κ1) is 14.1. The van der Waals surface area contributed by atoms with E-state index in [2.05, 4.69) is 36.5 Å². The Bertz CT molecular complexity index is 388. The Hall–Kier alpha value is -1.31. The molecule has 104 valence electrons. The summed E-state index contributed by atoms with van der Waals surface area (Å²) in [5.74, 6) is 0.934. The van der Waals surface area contributed by atoms with Crippen LogP contribution in [0.4, 0.5) is 0 Å². The van der Waals surface area contributed by atoms with E-state index in [0.29, 0.717) is 5.92 Å². The topological polar surface area (TPSA) is 29.1 Å². The zero-order chi connectivity index (χ0) is 13.5. The van der Waals surface area contributed by atoms with Gasteiger partial charge in [0.2, 0.25) is 5.91 Å². The van der Waals surface area contributed by atoms with E-state index in [0.717, 1.165) is 19.4 Å². The maximum absolute atomic E-state index is 12.0. The SMILES string of the molecule is CCCCCCCNC(=O)[C@@H]1C[C@H]1c1ccccc1. The monoisotopic (exact) mass is 259 g/mol. The molecule has 2 nitrogen and oxygen atoms in total. The summed E-state index contributed by atoms with van der Waals surface area (Å²) in [6.07, 6.45) is 7.25. The molecule has 1 aliphatic rings. The Kier molecular flexibility index (Phi) is 5.44. The van der Waals surface area contributed by atoms with Gasteiger partial charge in [0, 0.05) is 12.5 Å². The van der Waals surface area contributed by atoms with E-state index in [-0.39, 0.29) is 11.8 Å². The lowest BCUT2D eigenvalue weighted by Gasteiger charge is -2.05. The minimum atomic E-state index is 0.220. The number of carbonyl (C=O) groups excluding carboxylic acids is 1. The van der Waals surface area contributed by atoms with E-state index >= 15 is 0 Å². The summed E-state index contributed by atoms with van der Waals surface area (Å²) >= 11 is 0. The Labute approximate surface area is 116 Å². The lowest BCUT2D eigenvalue weighted by molar-refractivity contribution is -0.122. The van der Waals surface area contributed by atoms with Crippen LogP contribution >= 0.6 is 0 Å². The van der Waals surface area contributed by atoms with Crippen molar-refractivity contribution in [2.24, 2.45) is 5.92 Å². The van der Waals surface area contributed by atoms with E-state index in [4.69, 9.17) is 0 Å². The van der Waals surface area contributed by atoms with Gasteiger partial charge in [-0.25, -0.2) is 0 Å². The molecule has 1 fully saturated rings. The van der Waals surface area contributed by atoms with Crippen LogP contribution < -0.4 is 5.32 Å². The van der Waals surface area contributed by atoms with Gasteiger partial charge in [-0.05, 0) is 24.3 Å². The summed E-state index contributed by atoms with van der Waals surface area (Å²) in [7, 11) is 0. The molecular formula is C17H25NO. The maximum Gasteiger partial charge on any atom is 0.223 e. The van der Waals surface area contributed by atoms with Crippen LogP contribution in [0.3, 0.4) is 0 Å². The molecule has 1 saturated carbocycles. The van der Waals surface area contributed by atoms with Crippen molar-refractivity contribution >= 4 is 5.91 Å². The molecule has 2 rings (SSSR count). The molecule has 1 aromatic rings. The number of rotatable bonds is 8. The number of carbonyl (C=O) groups is 1. The molecule has 1 aromatic carbocycles. The van der Waals surface area contributed by atoms with Gasteiger partial charge in [0.25, 0.3) is 0 Å². The molecule has 19 heavy (non-hydrogen) atoms. The second kappa shape index (κ2) is 7.32. The van der Waals surface area contributed by atoms with E-state index in [1.54, 1.807) is 0 Å². The summed E-state index contributed by atoms with van der Waals surface area (Å²) in [4.78, 5) is 12.0. The number of benzene rings is 1. The molecule has 0 saturated heterocycles. The Morgan fingerprint density at radius 1 is 1.16 bits per heavy atom. The molecule has 0 unspecified atom stereocenters. The second-order valence-corrected chi connectivity index (χ2v) is 5.56.